The van der Waals surface area contributed by atoms with E-state index in [0.29, 0.717) is 5.56 Å². The fourth-order valence-corrected chi connectivity index (χ4v) is 3.53. The van der Waals surface area contributed by atoms with Gasteiger partial charge in [-0.1, -0.05) is 25.9 Å². The molecule has 1 atom stereocenters. The van der Waals surface area contributed by atoms with Gasteiger partial charge in [0, 0.05) is 15.8 Å². The zero-order valence-corrected chi connectivity index (χ0v) is 15.9. The van der Waals surface area contributed by atoms with Crippen molar-refractivity contribution in [3.8, 4) is 0 Å². The molecule has 0 saturated heterocycles. The molecule has 1 aromatic heterocycles. The van der Waals surface area contributed by atoms with Crippen molar-refractivity contribution < 1.29 is 19.5 Å². The van der Waals surface area contributed by atoms with Gasteiger partial charge in [0.2, 0.25) is 0 Å². The summed E-state index contributed by atoms with van der Waals surface area (Å²) in [6.07, 6.45) is -1.12. The third-order valence-corrected chi connectivity index (χ3v) is 9.63. The Morgan fingerprint density at radius 2 is 2.13 bits per heavy atom. The number of amides is 1. The second-order valence-electron chi connectivity index (χ2n) is 6.80. The van der Waals surface area contributed by atoms with Crippen LogP contribution in [0.25, 0.3) is 0 Å². The van der Waals surface area contributed by atoms with Gasteiger partial charge in [0.05, 0.1) is 12.6 Å². The number of oxime groups is 1. The Kier molecular flexibility index (Phi) is 6.20. The average Bonchev–Trinajstić information content (AvgIpc) is 2.90. The molecule has 5 N–H and O–H groups in total. The predicted molar refractivity (Wildman–Crippen MR) is 93.9 cm³/mol. The first-order chi connectivity index (χ1) is 10.5. The molecule has 0 radical (unpaired) electrons. The number of thiophene rings is 1. The molecule has 0 aliphatic rings. The number of amidine groups is 1. The van der Waals surface area contributed by atoms with Crippen LogP contribution in [0.1, 0.15) is 37.3 Å². The number of hydrogen-bond donors (Lipinski definition) is 4. The third-order valence-electron chi connectivity index (χ3n) is 4.08. The van der Waals surface area contributed by atoms with Crippen molar-refractivity contribution in [2.45, 2.75) is 44.9 Å². The molecule has 1 amide bonds. The van der Waals surface area contributed by atoms with Gasteiger partial charge in [0.1, 0.15) is 0 Å². The Labute approximate surface area is 141 Å². The zero-order valence-electron chi connectivity index (χ0n) is 14.1. The summed E-state index contributed by atoms with van der Waals surface area (Å²) in [6, 6.07) is 1.21. The lowest BCUT2D eigenvalue weighted by molar-refractivity contribution is 0.179. The summed E-state index contributed by atoms with van der Waals surface area (Å²) >= 11 is 1.34. The second-order valence-corrected chi connectivity index (χ2v) is 12.5. The lowest BCUT2D eigenvalue weighted by Crippen LogP contribution is -2.43. The Balaban J connectivity index is 2.93. The Morgan fingerprint density at radius 1 is 1.52 bits per heavy atom. The first-order valence-corrected chi connectivity index (χ1v) is 11.0. The first-order valence-electron chi connectivity index (χ1n) is 7.17. The van der Waals surface area contributed by atoms with E-state index in [1.165, 1.54) is 11.3 Å². The Hall–Kier alpha value is -1.58. The smallest absolute Gasteiger partial charge is 0.405 e. The second kappa shape index (κ2) is 7.32. The Morgan fingerprint density at radius 3 is 2.61 bits per heavy atom. The maximum absolute atomic E-state index is 11.1. The number of hydrogen-bond acceptors (Lipinski definition) is 5. The SMILES string of the molecule is CC(C)(C)[Si](C)(C)OCC(NC(=O)O)c1cc(C(N)=NO)cs1. The zero-order chi connectivity index (χ0) is 17.8. The van der Waals surface area contributed by atoms with E-state index in [-0.39, 0.29) is 17.5 Å². The predicted octanol–water partition coefficient (Wildman–Crippen LogP) is 3.17. The summed E-state index contributed by atoms with van der Waals surface area (Å²) in [5, 5.41) is 25.0. The van der Waals surface area contributed by atoms with Gasteiger partial charge in [-0.2, -0.15) is 0 Å². The van der Waals surface area contributed by atoms with Gasteiger partial charge in [-0.25, -0.2) is 4.79 Å². The number of nitrogens with zero attached hydrogens (tertiary/aromatic N) is 1. The van der Waals surface area contributed by atoms with Crippen molar-refractivity contribution >= 4 is 31.6 Å². The Bertz CT molecular complexity index is 581. The van der Waals surface area contributed by atoms with E-state index in [0.717, 1.165) is 4.88 Å². The van der Waals surface area contributed by atoms with E-state index >= 15 is 0 Å². The van der Waals surface area contributed by atoms with E-state index in [4.69, 9.17) is 20.5 Å². The van der Waals surface area contributed by atoms with Gasteiger partial charge in [-0.05, 0) is 24.2 Å². The lowest BCUT2D eigenvalue weighted by Gasteiger charge is -2.37. The normalized spacial score (nSPS) is 14.6. The fraction of sp³-hybridized carbons (Fsp3) is 0.571. The molecule has 130 valence electrons. The summed E-state index contributed by atoms with van der Waals surface area (Å²) in [7, 11) is -1.99. The molecule has 0 fully saturated rings. The van der Waals surface area contributed by atoms with Gasteiger partial charge in [-0.3, -0.25) is 0 Å². The maximum Gasteiger partial charge on any atom is 0.405 e. The molecule has 1 rings (SSSR count). The molecule has 1 heterocycles. The van der Waals surface area contributed by atoms with Crippen molar-refractivity contribution in [2.24, 2.45) is 10.9 Å². The molecule has 0 spiro atoms. The van der Waals surface area contributed by atoms with Crippen molar-refractivity contribution in [3.63, 3.8) is 0 Å². The molecule has 1 unspecified atom stereocenters. The van der Waals surface area contributed by atoms with Crippen LogP contribution in [0.2, 0.25) is 18.1 Å². The van der Waals surface area contributed by atoms with Crippen molar-refractivity contribution in [2.75, 3.05) is 6.61 Å². The quantitative estimate of drug-likeness (QED) is 0.205. The van der Waals surface area contributed by atoms with Crippen molar-refractivity contribution in [1.82, 2.24) is 5.32 Å². The van der Waals surface area contributed by atoms with Gasteiger partial charge in [0.25, 0.3) is 0 Å². The minimum absolute atomic E-state index is 0.00751. The number of rotatable bonds is 6. The molecule has 1 aromatic rings. The summed E-state index contributed by atoms with van der Waals surface area (Å²) in [6.45, 7) is 10.8. The minimum atomic E-state index is -1.99. The van der Waals surface area contributed by atoms with Gasteiger partial charge in [0.15, 0.2) is 14.2 Å². The monoisotopic (exact) mass is 359 g/mol. The van der Waals surface area contributed by atoms with E-state index in [2.05, 4.69) is 44.3 Å². The highest BCUT2D eigenvalue weighted by Crippen LogP contribution is 2.37. The summed E-state index contributed by atoms with van der Waals surface area (Å²) in [4.78, 5) is 11.8. The molecule has 0 aromatic carbocycles. The molecular weight excluding hydrogens is 334 g/mol. The van der Waals surface area contributed by atoms with E-state index in [1.54, 1.807) is 11.4 Å². The highest BCUT2D eigenvalue weighted by molar-refractivity contribution is 7.10. The standard InChI is InChI=1S/C14H25N3O4SSi/c1-14(2,3)23(4,5)21-7-10(16-13(18)19)11-6-9(8-22-11)12(15)17-20/h6,8,10,16,20H,7H2,1-5H3,(H2,15,17)(H,18,19). The van der Waals surface area contributed by atoms with Crippen LogP contribution >= 0.6 is 11.3 Å². The van der Waals surface area contributed by atoms with Crippen LogP contribution in [-0.2, 0) is 4.43 Å². The summed E-state index contributed by atoms with van der Waals surface area (Å²) in [5.74, 6) is -0.00751. The molecular formula is C14H25N3O4SSi. The van der Waals surface area contributed by atoms with Crippen LogP contribution in [0.5, 0.6) is 0 Å². The van der Waals surface area contributed by atoms with Crippen LogP contribution in [0.15, 0.2) is 16.6 Å². The molecule has 0 aliphatic carbocycles. The van der Waals surface area contributed by atoms with Gasteiger partial charge >= 0.3 is 6.09 Å². The lowest BCUT2D eigenvalue weighted by atomic mass is 10.2. The topological polar surface area (TPSA) is 117 Å². The number of nitrogens with one attached hydrogen (secondary N) is 1. The fourth-order valence-electron chi connectivity index (χ4n) is 1.58. The number of carbonyl (C=O) groups is 1. The highest BCUT2D eigenvalue weighted by atomic mass is 32.1. The van der Waals surface area contributed by atoms with Gasteiger partial charge < -0.3 is 25.8 Å². The largest absolute Gasteiger partial charge is 0.465 e. The van der Waals surface area contributed by atoms with Crippen LogP contribution in [0.4, 0.5) is 4.79 Å². The van der Waals surface area contributed by atoms with Crippen molar-refractivity contribution in [1.29, 1.82) is 0 Å². The maximum atomic E-state index is 11.1. The molecule has 23 heavy (non-hydrogen) atoms. The van der Waals surface area contributed by atoms with Crippen molar-refractivity contribution in [3.05, 3.63) is 21.9 Å². The molecule has 7 nitrogen and oxygen atoms in total. The first kappa shape index (κ1) is 19.5. The molecule has 9 heteroatoms. The van der Waals surface area contributed by atoms with Crippen LogP contribution in [0.3, 0.4) is 0 Å². The third kappa shape index (κ3) is 5.22. The molecule has 0 saturated carbocycles. The summed E-state index contributed by atoms with van der Waals surface area (Å²) < 4.78 is 6.12. The average molecular weight is 360 g/mol. The van der Waals surface area contributed by atoms with Crippen LogP contribution in [-0.4, -0.2) is 37.2 Å². The van der Waals surface area contributed by atoms with Crippen LogP contribution < -0.4 is 11.1 Å². The van der Waals surface area contributed by atoms with E-state index in [1.807, 2.05) is 0 Å². The molecule has 0 aliphatic heterocycles. The van der Waals surface area contributed by atoms with Gasteiger partial charge in [-0.15, -0.1) is 11.3 Å². The van der Waals surface area contributed by atoms with E-state index < -0.39 is 20.5 Å². The molecule has 0 bridgehead atoms. The van der Waals surface area contributed by atoms with Crippen LogP contribution in [0, 0.1) is 0 Å². The summed E-state index contributed by atoms with van der Waals surface area (Å²) in [5.41, 5.74) is 6.11. The van der Waals surface area contributed by atoms with E-state index in [9.17, 15) is 4.79 Å². The minimum Gasteiger partial charge on any atom is -0.465 e. The number of carboxylic acid groups (broad SMARTS) is 1. The highest BCUT2D eigenvalue weighted by Gasteiger charge is 2.38. The number of nitrogens with two attached hydrogens (primary N) is 1.